The average Bonchev–Trinajstić information content (AvgIpc) is 3.04. The molecule has 1 unspecified atom stereocenters. The standard InChI is InChI=1S/C18H26N4O3/c1-6-15-21-16(25-22-15)13-8-7-12(4)14(9-13)20-17(23)19-10-18(5,24)11(2)3/h7-9,11,24H,6,10H2,1-5H3,(H2,19,20,23). The van der Waals surface area contributed by atoms with Crippen molar-refractivity contribution in [2.75, 3.05) is 11.9 Å². The number of hydrogen-bond acceptors (Lipinski definition) is 5. The molecule has 136 valence electrons. The first-order valence-electron chi connectivity index (χ1n) is 8.43. The number of carbonyl (C=O) groups is 1. The van der Waals surface area contributed by atoms with Gasteiger partial charge in [0.25, 0.3) is 5.89 Å². The molecule has 1 aromatic heterocycles. The zero-order valence-electron chi connectivity index (χ0n) is 15.4. The molecule has 0 aliphatic heterocycles. The number of hydrogen-bond donors (Lipinski definition) is 3. The van der Waals surface area contributed by atoms with Gasteiger partial charge >= 0.3 is 6.03 Å². The number of nitrogens with one attached hydrogen (secondary N) is 2. The van der Waals surface area contributed by atoms with Gasteiger partial charge in [0.15, 0.2) is 5.82 Å². The normalized spacial score (nSPS) is 13.6. The van der Waals surface area contributed by atoms with E-state index in [1.54, 1.807) is 13.0 Å². The van der Waals surface area contributed by atoms with Gasteiger partial charge in [-0.2, -0.15) is 4.98 Å². The maximum atomic E-state index is 12.1. The van der Waals surface area contributed by atoms with Crippen molar-refractivity contribution >= 4 is 11.7 Å². The van der Waals surface area contributed by atoms with E-state index in [2.05, 4.69) is 20.8 Å². The average molecular weight is 346 g/mol. The van der Waals surface area contributed by atoms with E-state index in [-0.39, 0.29) is 18.5 Å². The van der Waals surface area contributed by atoms with Crippen molar-refractivity contribution < 1.29 is 14.4 Å². The van der Waals surface area contributed by atoms with Crippen LogP contribution in [-0.2, 0) is 6.42 Å². The Hall–Kier alpha value is -2.41. The molecule has 0 fully saturated rings. The fourth-order valence-electron chi connectivity index (χ4n) is 2.03. The van der Waals surface area contributed by atoms with Crippen molar-refractivity contribution in [2.45, 2.75) is 46.6 Å². The van der Waals surface area contributed by atoms with Crippen LogP contribution < -0.4 is 10.6 Å². The molecule has 0 saturated carbocycles. The van der Waals surface area contributed by atoms with Gasteiger partial charge in [0, 0.05) is 24.2 Å². The molecule has 1 atom stereocenters. The molecule has 0 spiro atoms. The molecule has 0 aliphatic rings. The maximum Gasteiger partial charge on any atom is 0.319 e. The van der Waals surface area contributed by atoms with Gasteiger partial charge in [0.1, 0.15) is 0 Å². The van der Waals surface area contributed by atoms with Crippen molar-refractivity contribution in [1.29, 1.82) is 0 Å². The van der Waals surface area contributed by atoms with Crippen molar-refractivity contribution in [3.05, 3.63) is 29.6 Å². The summed E-state index contributed by atoms with van der Waals surface area (Å²) in [5, 5.41) is 19.6. The molecule has 25 heavy (non-hydrogen) atoms. The number of urea groups is 1. The van der Waals surface area contributed by atoms with Crippen LogP contribution in [-0.4, -0.2) is 33.4 Å². The van der Waals surface area contributed by atoms with Gasteiger partial charge in [-0.25, -0.2) is 4.79 Å². The molecule has 0 saturated heterocycles. The second-order valence-corrected chi connectivity index (χ2v) is 6.72. The molecule has 1 heterocycles. The number of aliphatic hydroxyl groups is 1. The summed E-state index contributed by atoms with van der Waals surface area (Å²) in [5.74, 6) is 1.09. The van der Waals surface area contributed by atoms with Gasteiger partial charge in [-0.05, 0) is 37.5 Å². The molecule has 2 rings (SSSR count). The predicted molar refractivity (Wildman–Crippen MR) is 96.3 cm³/mol. The topological polar surface area (TPSA) is 100 Å². The fourth-order valence-corrected chi connectivity index (χ4v) is 2.03. The molecule has 2 aromatic rings. The van der Waals surface area contributed by atoms with E-state index in [0.717, 1.165) is 11.1 Å². The van der Waals surface area contributed by atoms with Crippen LogP contribution in [0, 0.1) is 12.8 Å². The lowest BCUT2D eigenvalue weighted by molar-refractivity contribution is 0.0170. The zero-order valence-corrected chi connectivity index (χ0v) is 15.4. The predicted octanol–water partition coefficient (Wildman–Crippen LogP) is 3.14. The minimum Gasteiger partial charge on any atom is -0.388 e. The van der Waals surface area contributed by atoms with Gasteiger partial charge in [0.2, 0.25) is 0 Å². The number of nitrogens with zero attached hydrogens (tertiary/aromatic N) is 2. The lowest BCUT2D eigenvalue weighted by Crippen LogP contribution is -2.45. The van der Waals surface area contributed by atoms with Gasteiger partial charge < -0.3 is 20.3 Å². The lowest BCUT2D eigenvalue weighted by atomic mass is 9.93. The summed E-state index contributed by atoms with van der Waals surface area (Å²) in [6.07, 6.45) is 0.693. The monoisotopic (exact) mass is 346 g/mol. The summed E-state index contributed by atoms with van der Waals surface area (Å²) < 4.78 is 5.24. The van der Waals surface area contributed by atoms with Crippen LogP contribution in [0.2, 0.25) is 0 Å². The van der Waals surface area contributed by atoms with Gasteiger partial charge in [-0.3, -0.25) is 0 Å². The Balaban J connectivity index is 2.08. The van der Waals surface area contributed by atoms with E-state index in [9.17, 15) is 9.90 Å². The second kappa shape index (κ2) is 7.65. The second-order valence-electron chi connectivity index (χ2n) is 6.72. The van der Waals surface area contributed by atoms with Crippen LogP contribution in [0.5, 0.6) is 0 Å². The Bertz CT molecular complexity index is 738. The Morgan fingerprint density at radius 1 is 1.40 bits per heavy atom. The van der Waals surface area contributed by atoms with Crippen molar-refractivity contribution in [2.24, 2.45) is 5.92 Å². The molecule has 0 bridgehead atoms. The summed E-state index contributed by atoms with van der Waals surface area (Å²) in [5.41, 5.74) is 1.33. The molecular weight excluding hydrogens is 320 g/mol. The highest BCUT2D eigenvalue weighted by molar-refractivity contribution is 5.90. The Morgan fingerprint density at radius 2 is 2.12 bits per heavy atom. The van der Waals surface area contributed by atoms with Crippen molar-refractivity contribution in [3.63, 3.8) is 0 Å². The summed E-state index contributed by atoms with van der Waals surface area (Å²) in [6, 6.07) is 5.17. The van der Waals surface area contributed by atoms with Crippen molar-refractivity contribution in [3.8, 4) is 11.5 Å². The van der Waals surface area contributed by atoms with E-state index < -0.39 is 5.60 Å². The Morgan fingerprint density at radius 3 is 2.72 bits per heavy atom. The SMILES string of the molecule is CCc1noc(-c2ccc(C)c(NC(=O)NCC(C)(O)C(C)C)c2)n1. The molecule has 3 N–H and O–H groups in total. The molecule has 0 radical (unpaired) electrons. The van der Waals surface area contributed by atoms with Crippen LogP contribution >= 0.6 is 0 Å². The minimum atomic E-state index is -0.964. The van der Waals surface area contributed by atoms with Crippen LogP contribution in [0.4, 0.5) is 10.5 Å². The molecule has 1 aromatic carbocycles. The summed E-state index contributed by atoms with van der Waals surface area (Å²) >= 11 is 0. The number of amides is 2. The molecular formula is C18H26N4O3. The summed E-state index contributed by atoms with van der Waals surface area (Å²) in [6.45, 7) is 9.52. The number of rotatable bonds is 6. The molecule has 7 nitrogen and oxygen atoms in total. The van der Waals surface area contributed by atoms with Gasteiger partial charge in [0.05, 0.1) is 5.60 Å². The third kappa shape index (κ3) is 4.79. The molecule has 7 heteroatoms. The largest absolute Gasteiger partial charge is 0.388 e. The highest BCUT2D eigenvalue weighted by atomic mass is 16.5. The van der Waals surface area contributed by atoms with E-state index >= 15 is 0 Å². The van der Waals surface area contributed by atoms with Crippen LogP contribution in [0.15, 0.2) is 22.7 Å². The van der Waals surface area contributed by atoms with Crippen LogP contribution in [0.25, 0.3) is 11.5 Å². The van der Waals surface area contributed by atoms with Crippen molar-refractivity contribution in [1.82, 2.24) is 15.5 Å². The highest BCUT2D eigenvalue weighted by Gasteiger charge is 2.25. The Kier molecular flexibility index (Phi) is 5.79. The number of carbonyl (C=O) groups excluding carboxylic acids is 1. The van der Waals surface area contributed by atoms with Crippen LogP contribution in [0.3, 0.4) is 0 Å². The number of aryl methyl sites for hydroxylation is 2. The van der Waals surface area contributed by atoms with Gasteiger partial charge in [-0.15, -0.1) is 0 Å². The molecule has 0 aliphatic carbocycles. The number of aromatic nitrogens is 2. The Labute approximate surface area is 147 Å². The van der Waals surface area contributed by atoms with E-state index in [1.165, 1.54) is 0 Å². The van der Waals surface area contributed by atoms with E-state index in [0.29, 0.717) is 23.8 Å². The lowest BCUT2D eigenvalue weighted by Gasteiger charge is -2.27. The number of anilines is 1. The van der Waals surface area contributed by atoms with E-state index in [1.807, 2.05) is 39.8 Å². The first-order chi connectivity index (χ1) is 11.7. The third-order valence-electron chi connectivity index (χ3n) is 4.37. The number of benzene rings is 1. The first-order valence-corrected chi connectivity index (χ1v) is 8.43. The smallest absolute Gasteiger partial charge is 0.319 e. The summed E-state index contributed by atoms with van der Waals surface area (Å²) in [7, 11) is 0. The first kappa shape index (κ1) is 18.9. The minimum absolute atomic E-state index is 0.0307. The maximum absolute atomic E-state index is 12.1. The third-order valence-corrected chi connectivity index (χ3v) is 4.37. The highest BCUT2D eigenvalue weighted by Crippen LogP contribution is 2.24. The van der Waals surface area contributed by atoms with Crippen LogP contribution in [0.1, 0.15) is 39.1 Å². The summed E-state index contributed by atoms with van der Waals surface area (Å²) in [4.78, 5) is 16.4. The quantitative estimate of drug-likeness (QED) is 0.746. The van der Waals surface area contributed by atoms with E-state index in [4.69, 9.17) is 4.52 Å². The molecule has 2 amide bonds. The zero-order chi connectivity index (χ0) is 18.6. The fraction of sp³-hybridized carbons (Fsp3) is 0.500. The van der Waals surface area contributed by atoms with Gasteiger partial charge in [-0.1, -0.05) is 32.0 Å².